The van der Waals surface area contributed by atoms with Gasteiger partial charge in [0.1, 0.15) is 17.1 Å². The first-order valence-corrected chi connectivity index (χ1v) is 7.15. The van der Waals surface area contributed by atoms with Crippen molar-refractivity contribution in [3.8, 4) is 16.9 Å². The Morgan fingerprint density at radius 3 is 2.55 bits per heavy atom. The van der Waals surface area contributed by atoms with Crippen molar-refractivity contribution in [1.29, 1.82) is 0 Å². The lowest BCUT2D eigenvalue weighted by Crippen LogP contribution is -2.08. The van der Waals surface area contributed by atoms with Crippen LogP contribution in [0.5, 0.6) is 5.75 Å². The maximum Gasteiger partial charge on any atom is 0.344 e. The minimum atomic E-state index is -0.479. The molecule has 22 heavy (non-hydrogen) atoms. The van der Waals surface area contributed by atoms with Gasteiger partial charge in [0.05, 0.1) is 5.56 Å². The maximum absolute atomic E-state index is 13.1. The fraction of sp³-hybridized carbons (Fsp3) is 0.167. The van der Waals surface area contributed by atoms with Crippen LogP contribution >= 0.6 is 0 Å². The average molecular weight is 298 g/mol. The van der Waals surface area contributed by atoms with Crippen LogP contribution in [0.25, 0.3) is 22.1 Å². The number of fused-ring (bicyclic) bond motifs is 1. The normalized spacial score (nSPS) is 11.0. The lowest BCUT2D eigenvalue weighted by atomic mass is 9.95. The lowest BCUT2D eigenvalue weighted by molar-refractivity contribution is 0.473. The fourth-order valence-electron chi connectivity index (χ4n) is 2.67. The third kappa shape index (κ3) is 2.48. The van der Waals surface area contributed by atoms with Crippen molar-refractivity contribution in [2.45, 2.75) is 19.8 Å². The highest BCUT2D eigenvalue weighted by Gasteiger charge is 2.16. The molecule has 0 unspecified atom stereocenters. The number of phenolic OH excluding ortho intramolecular Hbond substituents is 1. The van der Waals surface area contributed by atoms with E-state index in [0.29, 0.717) is 23.1 Å². The van der Waals surface area contributed by atoms with Gasteiger partial charge >= 0.3 is 5.63 Å². The number of hydrogen-bond acceptors (Lipinski definition) is 3. The predicted molar refractivity (Wildman–Crippen MR) is 83.5 cm³/mol. The van der Waals surface area contributed by atoms with Gasteiger partial charge in [-0.1, -0.05) is 25.5 Å². The van der Waals surface area contributed by atoms with Crippen LogP contribution in [-0.4, -0.2) is 5.11 Å². The summed E-state index contributed by atoms with van der Waals surface area (Å²) >= 11 is 0. The van der Waals surface area contributed by atoms with Crippen LogP contribution in [0.1, 0.15) is 18.9 Å². The predicted octanol–water partition coefficient (Wildman–Crippen LogP) is 4.26. The molecule has 0 radical (unpaired) electrons. The third-order valence-corrected chi connectivity index (χ3v) is 3.63. The van der Waals surface area contributed by atoms with Crippen LogP contribution in [0.3, 0.4) is 0 Å². The summed E-state index contributed by atoms with van der Waals surface area (Å²) in [6.45, 7) is 2.02. The smallest absolute Gasteiger partial charge is 0.344 e. The second-order valence-corrected chi connectivity index (χ2v) is 5.18. The Balaban J connectivity index is 2.35. The van der Waals surface area contributed by atoms with E-state index in [4.69, 9.17) is 4.42 Å². The monoisotopic (exact) mass is 298 g/mol. The molecule has 1 heterocycles. The van der Waals surface area contributed by atoms with Gasteiger partial charge in [0.25, 0.3) is 0 Å². The molecule has 2 aromatic carbocycles. The first-order chi connectivity index (χ1) is 10.6. The minimum absolute atomic E-state index is 0.0487. The minimum Gasteiger partial charge on any atom is -0.508 e. The molecule has 0 aliphatic carbocycles. The molecule has 3 rings (SSSR count). The zero-order valence-electron chi connectivity index (χ0n) is 12.1. The second-order valence-electron chi connectivity index (χ2n) is 5.18. The van der Waals surface area contributed by atoms with E-state index >= 15 is 0 Å². The molecular formula is C18H15FO3. The number of hydrogen-bond donors (Lipinski definition) is 1. The van der Waals surface area contributed by atoms with E-state index < -0.39 is 5.63 Å². The number of phenols is 1. The van der Waals surface area contributed by atoms with Gasteiger partial charge in [-0.2, -0.15) is 0 Å². The number of halogens is 1. The molecule has 3 nitrogen and oxygen atoms in total. The molecule has 0 saturated carbocycles. The highest BCUT2D eigenvalue weighted by molar-refractivity contribution is 5.87. The van der Waals surface area contributed by atoms with Crippen LogP contribution in [0.2, 0.25) is 0 Å². The zero-order chi connectivity index (χ0) is 15.7. The molecule has 3 aromatic rings. The van der Waals surface area contributed by atoms with E-state index in [0.717, 1.165) is 17.4 Å². The van der Waals surface area contributed by atoms with Gasteiger partial charge in [0, 0.05) is 11.5 Å². The summed E-state index contributed by atoms with van der Waals surface area (Å²) in [6, 6.07) is 10.5. The molecular weight excluding hydrogens is 283 g/mol. The van der Waals surface area contributed by atoms with Gasteiger partial charge in [-0.15, -0.1) is 0 Å². The summed E-state index contributed by atoms with van der Waals surface area (Å²) in [5.41, 5.74) is 1.83. The molecule has 0 atom stereocenters. The zero-order valence-corrected chi connectivity index (χ0v) is 12.1. The van der Waals surface area contributed by atoms with E-state index in [-0.39, 0.29) is 11.6 Å². The van der Waals surface area contributed by atoms with Crippen molar-refractivity contribution >= 4 is 11.0 Å². The van der Waals surface area contributed by atoms with Crippen molar-refractivity contribution in [1.82, 2.24) is 0 Å². The fourth-order valence-corrected chi connectivity index (χ4v) is 2.67. The van der Waals surface area contributed by atoms with Crippen molar-refractivity contribution in [2.75, 3.05) is 0 Å². The Kier molecular flexibility index (Phi) is 3.67. The van der Waals surface area contributed by atoms with Crippen LogP contribution in [-0.2, 0) is 6.42 Å². The molecule has 0 amide bonds. The summed E-state index contributed by atoms with van der Waals surface area (Å²) in [4.78, 5) is 12.4. The Labute approximate surface area is 126 Å². The first kappa shape index (κ1) is 14.3. The Hall–Kier alpha value is -2.62. The standard InChI is InChI=1S/C18H15FO3/c1-2-3-15-14-9-8-13(20)10-16(14)22-18(21)17(15)11-4-6-12(19)7-5-11/h4-10,20H,2-3H2,1H3. The Morgan fingerprint density at radius 1 is 1.14 bits per heavy atom. The van der Waals surface area contributed by atoms with E-state index in [1.54, 1.807) is 24.3 Å². The van der Waals surface area contributed by atoms with E-state index in [1.165, 1.54) is 18.2 Å². The molecule has 0 bridgehead atoms. The highest BCUT2D eigenvalue weighted by atomic mass is 19.1. The highest BCUT2D eigenvalue weighted by Crippen LogP contribution is 2.30. The second kappa shape index (κ2) is 5.64. The van der Waals surface area contributed by atoms with Crippen molar-refractivity contribution in [2.24, 2.45) is 0 Å². The molecule has 0 aliphatic heterocycles. The van der Waals surface area contributed by atoms with Gasteiger partial charge < -0.3 is 9.52 Å². The van der Waals surface area contributed by atoms with Gasteiger partial charge in [0.15, 0.2) is 0 Å². The molecule has 4 heteroatoms. The molecule has 0 saturated heterocycles. The maximum atomic E-state index is 13.1. The quantitative estimate of drug-likeness (QED) is 0.735. The third-order valence-electron chi connectivity index (χ3n) is 3.63. The number of rotatable bonds is 3. The largest absolute Gasteiger partial charge is 0.508 e. The molecule has 0 fully saturated rings. The van der Waals surface area contributed by atoms with Gasteiger partial charge in [-0.05, 0) is 41.8 Å². The summed E-state index contributed by atoms with van der Waals surface area (Å²) in [6.07, 6.45) is 1.55. The van der Waals surface area contributed by atoms with Crippen molar-refractivity contribution in [3.63, 3.8) is 0 Å². The summed E-state index contributed by atoms with van der Waals surface area (Å²) < 4.78 is 18.5. The van der Waals surface area contributed by atoms with Crippen LogP contribution in [0.15, 0.2) is 51.7 Å². The molecule has 0 aliphatic rings. The average Bonchev–Trinajstić information content (AvgIpc) is 2.48. The van der Waals surface area contributed by atoms with E-state index in [9.17, 15) is 14.3 Å². The van der Waals surface area contributed by atoms with Crippen LogP contribution in [0, 0.1) is 5.82 Å². The number of aromatic hydroxyl groups is 1. The molecule has 1 aromatic heterocycles. The Bertz CT molecular complexity index is 879. The van der Waals surface area contributed by atoms with Gasteiger partial charge in [-0.25, -0.2) is 9.18 Å². The first-order valence-electron chi connectivity index (χ1n) is 7.15. The van der Waals surface area contributed by atoms with Crippen LogP contribution in [0.4, 0.5) is 4.39 Å². The number of aryl methyl sites for hydroxylation is 1. The molecule has 0 spiro atoms. The summed E-state index contributed by atoms with van der Waals surface area (Å²) in [5, 5.41) is 10.3. The molecule has 112 valence electrons. The van der Waals surface area contributed by atoms with E-state index in [2.05, 4.69) is 0 Å². The molecule has 1 N–H and O–H groups in total. The van der Waals surface area contributed by atoms with Gasteiger partial charge in [-0.3, -0.25) is 0 Å². The van der Waals surface area contributed by atoms with E-state index in [1.807, 2.05) is 6.92 Å². The summed E-state index contributed by atoms with van der Waals surface area (Å²) in [7, 11) is 0. The van der Waals surface area contributed by atoms with Crippen molar-refractivity contribution in [3.05, 3.63) is 64.3 Å². The lowest BCUT2D eigenvalue weighted by Gasteiger charge is -2.11. The Morgan fingerprint density at radius 2 is 1.86 bits per heavy atom. The van der Waals surface area contributed by atoms with Gasteiger partial charge in [0.2, 0.25) is 0 Å². The van der Waals surface area contributed by atoms with Crippen molar-refractivity contribution < 1.29 is 13.9 Å². The summed E-state index contributed by atoms with van der Waals surface area (Å²) in [5.74, 6) is -0.302. The van der Waals surface area contributed by atoms with Crippen LogP contribution < -0.4 is 5.63 Å². The topological polar surface area (TPSA) is 50.4 Å². The number of benzene rings is 2. The SMILES string of the molecule is CCCc1c(-c2ccc(F)cc2)c(=O)oc2cc(O)ccc12.